The fraction of sp³-hybridized carbons (Fsp3) is 0.0714. The van der Waals surface area contributed by atoms with Crippen LogP contribution >= 0.6 is 0 Å². The smallest absolute Gasteiger partial charge is 0.258 e. The highest BCUT2D eigenvalue weighted by molar-refractivity contribution is 7.91. The first kappa shape index (κ1) is 14.7. The van der Waals surface area contributed by atoms with Crippen molar-refractivity contribution in [2.45, 2.75) is 16.7 Å². The van der Waals surface area contributed by atoms with Gasteiger partial charge in [-0.15, -0.1) is 0 Å². The van der Waals surface area contributed by atoms with Crippen molar-refractivity contribution in [2.75, 3.05) is 0 Å². The minimum absolute atomic E-state index is 0.0368. The molecule has 0 aliphatic heterocycles. The molecule has 0 fully saturated rings. The molecule has 0 saturated heterocycles. The molecule has 7 heteroatoms. The number of sulfone groups is 1. The quantitative estimate of drug-likeness (QED) is 0.640. The summed E-state index contributed by atoms with van der Waals surface area (Å²) in [5.41, 5.74) is -0.330. The van der Waals surface area contributed by atoms with Crippen LogP contribution in [0.15, 0.2) is 52.3 Å². The third-order valence-corrected chi connectivity index (χ3v) is 4.77. The molecule has 0 N–H and O–H groups in total. The van der Waals surface area contributed by atoms with Gasteiger partial charge in [-0.05, 0) is 25.1 Å². The van der Waals surface area contributed by atoms with Crippen molar-refractivity contribution in [3.05, 3.63) is 63.7 Å². The summed E-state index contributed by atoms with van der Waals surface area (Å²) in [7, 11) is -3.89. The largest absolute Gasteiger partial charge is 0.273 e. The van der Waals surface area contributed by atoms with Crippen LogP contribution in [0.25, 0.3) is 0 Å². The standard InChI is InChI=1S/C14H10N2O4S/c1-10-7-14(11(9-15)8-13(10)16(17)18)21(19,20)12-5-3-2-4-6-12/h2-8H,1H3. The minimum atomic E-state index is -3.89. The van der Waals surface area contributed by atoms with E-state index in [2.05, 4.69) is 0 Å². The Morgan fingerprint density at radius 3 is 2.33 bits per heavy atom. The van der Waals surface area contributed by atoms with Crippen LogP contribution < -0.4 is 0 Å². The van der Waals surface area contributed by atoms with Crippen LogP contribution in [0.2, 0.25) is 0 Å². The highest BCUT2D eigenvalue weighted by Crippen LogP contribution is 2.29. The monoisotopic (exact) mass is 302 g/mol. The summed E-state index contributed by atoms with van der Waals surface area (Å²) in [6.45, 7) is 1.43. The number of hydrogen-bond donors (Lipinski definition) is 0. The van der Waals surface area contributed by atoms with E-state index in [9.17, 15) is 18.5 Å². The molecule has 0 atom stereocenters. The number of aryl methyl sites for hydroxylation is 1. The number of nitrogens with zero attached hydrogens (tertiary/aromatic N) is 2. The van der Waals surface area contributed by atoms with Gasteiger partial charge >= 0.3 is 0 Å². The number of nitriles is 1. The van der Waals surface area contributed by atoms with E-state index in [1.54, 1.807) is 24.3 Å². The maximum atomic E-state index is 12.5. The minimum Gasteiger partial charge on any atom is -0.258 e. The van der Waals surface area contributed by atoms with Gasteiger partial charge in [-0.1, -0.05) is 18.2 Å². The third kappa shape index (κ3) is 2.61. The SMILES string of the molecule is Cc1cc(S(=O)(=O)c2ccccc2)c(C#N)cc1[N+](=O)[O-]. The lowest BCUT2D eigenvalue weighted by Gasteiger charge is -2.08. The topological polar surface area (TPSA) is 101 Å². The molecule has 0 spiro atoms. The maximum absolute atomic E-state index is 12.5. The molecule has 0 aromatic heterocycles. The van der Waals surface area contributed by atoms with Crippen molar-refractivity contribution in [1.29, 1.82) is 5.26 Å². The van der Waals surface area contributed by atoms with E-state index < -0.39 is 14.8 Å². The lowest BCUT2D eigenvalue weighted by atomic mass is 10.1. The summed E-state index contributed by atoms with van der Waals surface area (Å²) >= 11 is 0. The van der Waals surface area contributed by atoms with Gasteiger partial charge in [0.05, 0.1) is 20.3 Å². The number of hydrogen-bond acceptors (Lipinski definition) is 5. The molecular weight excluding hydrogens is 292 g/mol. The number of rotatable bonds is 3. The average molecular weight is 302 g/mol. The lowest BCUT2D eigenvalue weighted by Crippen LogP contribution is -2.06. The molecule has 0 aliphatic carbocycles. The van der Waals surface area contributed by atoms with Gasteiger partial charge in [-0.25, -0.2) is 8.42 Å². The van der Waals surface area contributed by atoms with Gasteiger partial charge in [-0.2, -0.15) is 5.26 Å². The lowest BCUT2D eigenvalue weighted by molar-refractivity contribution is -0.385. The molecule has 2 rings (SSSR count). The van der Waals surface area contributed by atoms with Crippen molar-refractivity contribution in [3.63, 3.8) is 0 Å². The Morgan fingerprint density at radius 1 is 1.19 bits per heavy atom. The van der Waals surface area contributed by atoms with Gasteiger partial charge in [0.15, 0.2) is 0 Å². The molecule has 106 valence electrons. The summed E-state index contributed by atoms with van der Waals surface area (Å²) < 4.78 is 25.1. The van der Waals surface area contributed by atoms with Crippen molar-refractivity contribution < 1.29 is 13.3 Å². The van der Waals surface area contributed by atoms with E-state index in [-0.39, 0.29) is 26.6 Å². The van der Waals surface area contributed by atoms with Crippen LogP contribution in [0.3, 0.4) is 0 Å². The van der Waals surface area contributed by atoms with Gasteiger partial charge < -0.3 is 0 Å². The molecule has 2 aromatic rings. The van der Waals surface area contributed by atoms with E-state index in [1.807, 2.05) is 0 Å². The summed E-state index contributed by atoms with van der Waals surface area (Å²) in [5.74, 6) is 0. The number of nitro groups is 1. The zero-order chi connectivity index (χ0) is 15.6. The second-order valence-electron chi connectivity index (χ2n) is 4.32. The van der Waals surface area contributed by atoms with Crippen LogP contribution in [0.1, 0.15) is 11.1 Å². The Balaban J connectivity index is 2.74. The maximum Gasteiger partial charge on any atom is 0.273 e. The second kappa shape index (κ2) is 5.34. The normalized spacial score (nSPS) is 10.9. The Labute approximate surface area is 121 Å². The molecule has 2 aromatic carbocycles. The molecule has 6 nitrogen and oxygen atoms in total. The first-order valence-corrected chi connectivity index (χ1v) is 7.35. The van der Waals surface area contributed by atoms with Crippen LogP contribution in [-0.2, 0) is 9.84 Å². The summed E-state index contributed by atoms with van der Waals surface area (Å²) in [5, 5.41) is 20.0. The predicted molar refractivity (Wildman–Crippen MR) is 74.4 cm³/mol. The fourth-order valence-corrected chi connectivity index (χ4v) is 3.40. The van der Waals surface area contributed by atoms with Crippen molar-refractivity contribution >= 4 is 15.5 Å². The summed E-state index contributed by atoms with van der Waals surface area (Å²) in [6, 6.07) is 11.5. The van der Waals surface area contributed by atoms with Gasteiger partial charge in [0.1, 0.15) is 6.07 Å². The van der Waals surface area contributed by atoms with Gasteiger partial charge in [0.25, 0.3) is 5.69 Å². The molecule has 0 aliphatic rings. The summed E-state index contributed by atoms with van der Waals surface area (Å²) in [4.78, 5) is 10.0. The van der Waals surface area contributed by atoms with E-state index >= 15 is 0 Å². The first-order valence-electron chi connectivity index (χ1n) is 5.87. The molecule has 21 heavy (non-hydrogen) atoms. The second-order valence-corrected chi connectivity index (χ2v) is 6.24. The van der Waals surface area contributed by atoms with E-state index in [1.165, 1.54) is 25.1 Å². The Bertz CT molecular complexity index is 853. The predicted octanol–water partition coefficient (Wildman–Crippen LogP) is 2.61. The van der Waals surface area contributed by atoms with Gasteiger partial charge in [-0.3, -0.25) is 10.1 Å². The van der Waals surface area contributed by atoms with Crippen molar-refractivity contribution in [3.8, 4) is 6.07 Å². The van der Waals surface area contributed by atoms with Gasteiger partial charge in [0, 0.05) is 11.6 Å². The number of benzene rings is 2. The molecule has 0 heterocycles. The molecule has 0 saturated carbocycles. The zero-order valence-electron chi connectivity index (χ0n) is 11.0. The zero-order valence-corrected chi connectivity index (χ0v) is 11.8. The van der Waals surface area contributed by atoms with E-state index in [4.69, 9.17) is 5.26 Å². The van der Waals surface area contributed by atoms with E-state index in [0.29, 0.717) is 0 Å². The first-order chi connectivity index (χ1) is 9.87. The van der Waals surface area contributed by atoms with Crippen LogP contribution in [0.4, 0.5) is 5.69 Å². The van der Waals surface area contributed by atoms with Gasteiger partial charge in [0.2, 0.25) is 9.84 Å². The Hall–Kier alpha value is -2.72. The van der Waals surface area contributed by atoms with Crippen molar-refractivity contribution in [1.82, 2.24) is 0 Å². The van der Waals surface area contributed by atoms with E-state index in [0.717, 1.165) is 6.07 Å². The third-order valence-electron chi connectivity index (χ3n) is 2.96. The Morgan fingerprint density at radius 2 is 1.81 bits per heavy atom. The van der Waals surface area contributed by atoms with Crippen LogP contribution in [0, 0.1) is 28.4 Å². The van der Waals surface area contributed by atoms with Crippen LogP contribution in [0.5, 0.6) is 0 Å². The molecule has 0 bridgehead atoms. The molecule has 0 amide bonds. The highest BCUT2D eigenvalue weighted by Gasteiger charge is 2.25. The summed E-state index contributed by atoms with van der Waals surface area (Å²) in [6.07, 6.45) is 0. The van der Waals surface area contributed by atoms with Crippen LogP contribution in [-0.4, -0.2) is 13.3 Å². The molecule has 0 unspecified atom stereocenters. The van der Waals surface area contributed by atoms with Crippen molar-refractivity contribution in [2.24, 2.45) is 0 Å². The molecule has 0 radical (unpaired) electrons. The highest BCUT2D eigenvalue weighted by atomic mass is 32.2. The number of nitro benzene ring substituents is 1. The Kier molecular flexibility index (Phi) is 3.74. The fourth-order valence-electron chi connectivity index (χ4n) is 1.90. The molecular formula is C14H10N2O4S. The average Bonchev–Trinajstić information content (AvgIpc) is 2.47.